The zero-order valence-corrected chi connectivity index (χ0v) is 23.2. The normalized spacial score (nSPS) is 20.2. The molecule has 2 fully saturated rings. The van der Waals surface area contributed by atoms with Gasteiger partial charge in [0.15, 0.2) is 17.5 Å². The summed E-state index contributed by atoms with van der Waals surface area (Å²) in [5.74, 6) is 2.45. The fourth-order valence-electron chi connectivity index (χ4n) is 4.41. The van der Waals surface area contributed by atoms with E-state index in [2.05, 4.69) is 41.2 Å². The number of piperidine rings is 1. The number of aliphatic imine (C=N–C) groups is 1. The molecule has 0 bridgehead atoms. The first-order valence-corrected chi connectivity index (χ1v) is 11.9. The summed E-state index contributed by atoms with van der Waals surface area (Å²) in [4.78, 5) is 6.87. The molecule has 0 aromatic heterocycles. The van der Waals surface area contributed by atoms with Crippen LogP contribution < -0.4 is 14.8 Å². The van der Waals surface area contributed by atoms with E-state index in [0.29, 0.717) is 6.10 Å². The molecule has 2 heterocycles. The predicted octanol–water partition coefficient (Wildman–Crippen LogP) is 4.22. The zero-order chi connectivity index (χ0) is 23.0. The Hall–Kier alpha value is -1.26. The lowest BCUT2D eigenvalue weighted by molar-refractivity contribution is -0.0721. The van der Waals surface area contributed by atoms with E-state index >= 15 is 0 Å². The van der Waals surface area contributed by atoms with E-state index in [4.69, 9.17) is 18.9 Å². The van der Waals surface area contributed by atoms with Crippen molar-refractivity contribution in [2.75, 3.05) is 54.1 Å². The van der Waals surface area contributed by atoms with Gasteiger partial charge in [0.2, 0.25) is 0 Å². The number of nitrogens with one attached hydrogen (secondary N) is 1. The third kappa shape index (κ3) is 7.89. The quantitative estimate of drug-likeness (QED) is 0.285. The van der Waals surface area contributed by atoms with Crippen LogP contribution >= 0.6 is 24.0 Å². The molecule has 2 aliphatic heterocycles. The molecule has 8 heteroatoms. The Kier molecular flexibility index (Phi) is 11.5. The Labute approximate surface area is 216 Å². The van der Waals surface area contributed by atoms with Gasteiger partial charge in [0.1, 0.15) is 0 Å². The van der Waals surface area contributed by atoms with E-state index < -0.39 is 0 Å². The lowest BCUT2D eigenvalue weighted by atomic mass is 9.84. The molecule has 1 aromatic carbocycles. The van der Waals surface area contributed by atoms with Crippen LogP contribution in [0.25, 0.3) is 0 Å². The number of nitrogens with zero attached hydrogens (tertiary/aromatic N) is 2. The van der Waals surface area contributed by atoms with Crippen LogP contribution in [0.3, 0.4) is 0 Å². The highest BCUT2D eigenvalue weighted by atomic mass is 127. The SMILES string of the molecule is CN=C(NCC(C)(C)c1ccc(OC)c(OC)c1)N1CCC(OCC2CCCCO2)CC1.I. The van der Waals surface area contributed by atoms with E-state index in [1.807, 2.05) is 13.1 Å². The summed E-state index contributed by atoms with van der Waals surface area (Å²) in [7, 11) is 5.19. The molecule has 1 N–H and O–H groups in total. The number of halogens is 1. The number of hydrogen-bond acceptors (Lipinski definition) is 5. The second-order valence-corrected chi connectivity index (χ2v) is 9.36. The summed E-state index contributed by atoms with van der Waals surface area (Å²) in [5.41, 5.74) is 1.09. The highest BCUT2D eigenvalue weighted by molar-refractivity contribution is 14.0. The maximum atomic E-state index is 6.16. The summed E-state index contributed by atoms with van der Waals surface area (Å²) < 4.78 is 22.8. The van der Waals surface area contributed by atoms with Gasteiger partial charge in [0.25, 0.3) is 0 Å². The van der Waals surface area contributed by atoms with Crippen LogP contribution in [-0.2, 0) is 14.9 Å². The maximum absolute atomic E-state index is 6.16. The van der Waals surface area contributed by atoms with E-state index in [9.17, 15) is 0 Å². The molecule has 2 aliphatic rings. The van der Waals surface area contributed by atoms with Gasteiger partial charge in [-0.05, 0) is 49.8 Å². The molecule has 3 rings (SSSR count). The fourth-order valence-corrected chi connectivity index (χ4v) is 4.41. The summed E-state index contributed by atoms with van der Waals surface area (Å²) >= 11 is 0. The highest BCUT2D eigenvalue weighted by Gasteiger charge is 2.26. The lowest BCUT2D eigenvalue weighted by Gasteiger charge is -2.36. The second kappa shape index (κ2) is 13.6. The Morgan fingerprint density at radius 1 is 1.12 bits per heavy atom. The largest absolute Gasteiger partial charge is 0.493 e. The smallest absolute Gasteiger partial charge is 0.193 e. The lowest BCUT2D eigenvalue weighted by Crippen LogP contribution is -2.49. The zero-order valence-electron chi connectivity index (χ0n) is 20.9. The number of ether oxygens (including phenoxy) is 4. The molecule has 33 heavy (non-hydrogen) atoms. The Balaban J connectivity index is 0.00000385. The first-order valence-electron chi connectivity index (χ1n) is 11.9. The van der Waals surface area contributed by atoms with Crippen LogP contribution in [-0.4, -0.2) is 77.2 Å². The van der Waals surface area contributed by atoms with Crippen molar-refractivity contribution in [3.63, 3.8) is 0 Å². The Morgan fingerprint density at radius 2 is 1.85 bits per heavy atom. The molecule has 0 saturated carbocycles. The fraction of sp³-hybridized carbons (Fsp3) is 0.720. The van der Waals surface area contributed by atoms with Crippen LogP contribution in [0.15, 0.2) is 23.2 Å². The van der Waals surface area contributed by atoms with Gasteiger partial charge < -0.3 is 29.2 Å². The van der Waals surface area contributed by atoms with Gasteiger partial charge in [0, 0.05) is 38.7 Å². The molecule has 0 amide bonds. The third-order valence-corrected chi connectivity index (χ3v) is 6.60. The van der Waals surface area contributed by atoms with Crippen LogP contribution in [0, 0.1) is 0 Å². The number of benzene rings is 1. The summed E-state index contributed by atoms with van der Waals surface area (Å²) in [6.07, 6.45) is 6.22. The number of methoxy groups -OCH3 is 2. The Bertz CT molecular complexity index is 745. The minimum absolute atomic E-state index is 0. The minimum atomic E-state index is -0.100. The van der Waals surface area contributed by atoms with Gasteiger partial charge in [-0.2, -0.15) is 0 Å². The van der Waals surface area contributed by atoms with Crippen molar-refractivity contribution in [3.05, 3.63) is 23.8 Å². The molecular weight excluding hydrogens is 533 g/mol. The van der Waals surface area contributed by atoms with Gasteiger partial charge in [-0.25, -0.2) is 0 Å². The monoisotopic (exact) mass is 575 g/mol. The van der Waals surface area contributed by atoms with Crippen molar-refractivity contribution in [3.8, 4) is 11.5 Å². The molecule has 0 radical (unpaired) electrons. The first-order chi connectivity index (χ1) is 15.5. The highest BCUT2D eigenvalue weighted by Crippen LogP contribution is 2.33. The van der Waals surface area contributed by atoms with E-state index in [-0.39, 0.29) is 35.5 Å². The molecule has 2 saturated heterocycles. The molecule has 188 valence electrons. The van der Waals surface area contributed by atoms with Gasteiger partial charge in [0.05, 0.1) is 33.0 Å². The average Bonchev–Trinajstić information content (AvgIpc) is 2.84. The van der Waals surface area contributed by atoms with Gasteiger partial charge in [-0.3, -0.25) is 4.99 Å². The standard InChI is InChI=1S/C25H41N3O4.HI/c1-25(2,19-9-10-22(29-4)23(16-19)30-5)18-27-24(26-3)28-13-11-20(12-14-28)32-17-21-8-6-7-15-31-21;/h9-10,16,20-21H,6-8,11-15,17-18H2,1-5H3,(H,26,27);1H. The molecule has 1 atom stereocenters. The third-order valence-electron chi connectivity index (χ3n) is 6.60. The number of guanidine groups is 1. The number of rotatable bonds is 8. The maximum Gasteiger partial charge on any atom is 0.193 e. The molecule has 7 nitrogen and oxygen atoms in total. The molecule has 0 spiro atoms. The summed E-state index contributed by atoms with van der Waals surface area (Å²) in [6, 6.07) is 6.13. The number of hydrogen-bond donors (Lipinski definition) is 1. The molecule has 1 aromatic rings. The summed E-state index contributed by atoms with van der Waals surface area (Å²) in [6.45, 7) is 8.74. The van der Waals surface area contributed by atoms with Crippen LogP contribution in [0.2, 0.25) is 0 Å². The van der Waals surface area contributed by atoms with Gasteiger partial charge >= 0.3 is 0 Å². The van der Waals surface area contributed by atoms with E-state index in [0.717, 1.165) is 69.6 Å². The topological polar surface area (TPSA) is 64.6 Å². The van der Waals surface area contributed by atoms with Crippen molar-refractivity contribution in [1.82, 2.24) is 10.2 Å². The first kappa shape index (κ1) is 28.0. The van der Waals surface area contributed by atoms with Gasteiger partial charge in [-0.15, -0.1) is 24.0 Å². The van der Waals surface area contributed by atoms with Crippen molar-refractivity contribution in [1.29, 1.82) is 0 Å². The minimum Gasteiger partial charge on any atom is -0.493 e. The molecular formula is C25H42IN3O4. The Morgan fingerprint density at radius 3 is 2.45 bits per heavy atom. The van der Waals surface area contributed by atoms with E-state index in [1.165, 1.54) is 18.4 Å². The van der Waals surface area contributed by atoms with Crippen LogP contribution in [0.5, 0.6) is 11.5 Å². The van der Waals surface area contributed by atoms with Crippen molar-refractivity contribution >= 4 is 29.9 Å². The molecule has 1 unspecified atom stereocenters. The van der Waals surface area contributed by atoms with Gasteiger partial charge in [-0.1, -0.05) is 19.9 Å². The second-order valence-electron chi connectivity index (χ2n) is 9.36. The number of likely N-dealkylation sites (tertiary alicyclic amines) is 1. The predicted molar refractivity (Wildman–Crippen MR) is 143 cm³/mol. The molecule has 0 aliphatic carbocycles. The van der Waals surface area contributed by atoms with Crippen LogP contribution in [0.4, 0.5) is 0 Å². The van der Waals surface area contributed by atoms with Crippen molar-refractivity contribution in [2.24, 2.45) is 4.99 Å². The summed E-state index contributed by atoms with van der Waals surface area (Å²) in [5, 5.41) is 3.59. The average molecular weight is 576 g/mol. The van der Waals surface area contributed by atoms with Crippen molar-refractivity contribution in [2.45, 2.75) is 63.6 Å². The van der Waals surface area contributed by atoms with Crippen LogP contribution in [0.1, 0.15) is 51.5 Å². The van der Waals surface area contributed by atoms with Crippen molar-refractivity contribution < 1.29 is 18.9 Å². The van der Waals surface area contributed by atoms with E-state index in [1.54, 1.807) is 14.2 Å².